The number of oxazole rings is 1. The van der Waals surface area contributed by atoms with E-state index in [0.29, 0.717) is 12.6 Å². The highest BCUT2D eigenvalue weighted by atomic mass is 16.5. The molecule has 1 aromatic carbocycles. The van der Waals surface area contributed by atoms with Gasteiger partial charge in [-0.3, -0.25) is 4.98 Å². The molecule has 124 valence electrons. The molecule has 3 aromatic rings. The van der Waals surface area contributed by atoms with E-state index in [4.69, 9.17) is 9.15 Å². The predicted octanol–water partition coefficient (Wildman–Crippen LogP) is 2.39. The van der Waals surface area contributed by atoms with Crippen LogP contribution in [0.5, 0.6) is 5.75 Å². The van der Waals surface area contributed by atoms with Crippen molar-refractivity contribution in [3.05, 3.63) is 48.3 Å². The van der Waals surface area contributed by atoms with Crippen molar-refractivity contribution in [2.75, 3.05) is 31.1 Å². The number of hydrogen-bond donors (Lipinski definition) is 1. The van der Waals surface area contributed by atoms with E-state index in [1.807, 2.05) is 24.3 Å². The number of fused-ring (bicyclic) bond motifs is 1. The average Bonchev–Trinajstić information content (AvgIpc) is 3.04. The van der Waals surface area contributed by atoms with Crippen molar-refractivity contribution in [2.45, 2.75) is 13.0 Å². The van der Waals surface area contributed by atoms with Gasteiger partial charge in [0.05, 0.1) is 12.2 Å². The van der Waals surface area contributed by atoms with Gasteiger partial charge in [-0.1, -0.05) is 6.07 Å². The zero-order valence-electron chi connectivity index (χ0n) is 13.6. The molecule has 1 fully saturated rings. The van der Waals surface area contributed by atoms with E-state index in [2.05, 4.69) is 33.2 Å². The fraction of sp³-hybridized carbons (Fsp3) is 0.333. The lowest BCUT2D eigenvalue weighted by Gasteiger charge is -2.34. The van der Waals surface area contributed by atoms with Crippen LogP contribution < -0.4 is 15.0 Å². The molecule has 0 aliphatic carbocycles. The summed E-state index contributed by atoms with van der Waals surface area (Å²) in [4.78, 5) is 10.9. The molecule has 1 unspecified atom stereocenters. The highest BCUT2D eigenvalue weighted by Crippen LogP contribution is 2.25. The van der Waals surface area contributed by atoms with Gasteiger partial charge in [-0.05, 0) is 36.8 Å². The van der Waals surface area contributed by atoms with Crippen molar-refractivity contribution in [3.8, 4) is 5.75 Å². The third kappa shape index (κ3) is 3.05. The molecule has 4 rings (SSSR count). The summed E-state index contributed by atoms with van der Waals surface area (Å²) in [6.45, 7) is 5.18. The zero-order chi connectivity index (χ0) is 16.4. The Kier molecular flexibility index (Phi) is 4.04. The van der Waals surface area contributed by atoms with Crippen LogP contribution in [0.15, 0.2) is 47.1 Å². The number of ether oxygens (including phenoxy) is 1. The van der Waals surface area contributed by atoms with Gasteiger partial charge < -0.3 is 19.4 Å². The van der Waals surface area contributed by atoms with Gasteiger partial charge in [-0.25, -0.2) is 0 Å². The highest BCUT2D eigenvalue weighted by Gasteiger charge is 2.27. The number of aryl methyl sites for hydroxylation is 1. The molecule has 1 aliphatic rings. The van der Waals surface area contributed by atoms with Gasteiger partial charge >= 0.3 is 0 Å². The SMILES string of the molecule is Cc1ccc2nc(N3CCNCC3COc3cccnc3)oc2c1. The first-order valence-electron chi connectivity index (χ1n) is 8.17. The molecule has 1 N–H and O–H groups in total. The second-order valence-corrected chi connectivity index (χ2v) is 6.02. The van der Waals surface area contributed by atoms with Gasteiger partial charge in [0.2, 0.25) is 0 Å². The summed E-state index contributed by atoms with van der Waals surface area (Å²) in [7, 11) is 0. The molecule has 1 atom stereocenters. The number of benzene rings is 1. The summed E-state index contributed by atoms with van der Waals surface area (Å²) in [5.74, 6) is 0.774. The first-order valence-corrected chi connectivity index (χ1v) is 8.17. The van der Waals surface area contributed by atoms with Crippen LogP contribution in [0.25, 0.3) is 11.1 Å². The van der Waals surface area contributed by atoms with Crippen molar-refractivity contribution >= 4 is 17.1 Å². The second-order valence-electron chi connectivity index (χ2n) is 6.02. The molecule has 0 amide bonds. The minimum atomic E-state index is 0.160. The van der Waals surface area contributed by atoms with Crippen LogP contribution in [-0.4, -0.2) is 42.3 Å². The van der Waals surface area contributed by atoms with Gasteiger partial charge in [-0.2, -0.15) is 4.98 Å². The van der Waals surface area contributed by atoms with Crippen molar-refractivity contribution in [1.82, 2.24) is 15.3 Å². The normalized spacial score (nSPS) is 18.0. The lowest BCUT2D eigenvalue weighted by molar-refractivity contribution is 0.261. The van der Waals surface area contributed by atoms with Crippen molar-refractivity contribution < 1.29 is 9.15 Å². The largest absolute Gasteiger partial charge is 0.490 e. The Morgan fingerprint density at radius 1 is 1.38 bits per heavy atom. The first kappa shape index (κ1) is 15.0. The van der Waals surface area contributed by atoms with E-state index in [1.165, 1.54) is 5.56 Å². The van der Waals surface area contributed by atoms with Crippen LogP contribution in [0.1, 0.15) is 5.56 Å². The maximum atomic E-state index is 5.99. The smallest absolute Gasteiger partial charge is 0.298 e. The summed E-state index contributed by atoms with van der Waals surface area (Å²) in [6, 6.07) is 10.7. The first-order chi connectivity index (χ1) is 11.8. The molecular formula is C18H20N4O2. The molecule has 0 bridgehead atoms. The minimum Gasteiger partial charge on any atom is -0.490 e. The summed E-state index contributed by atoms with van der Waals surface area (Å²) in [5, 5.41) is 3.41. The molecule has 6 nitrogen and oxygen atoms in total. The minimum absolute atomic E-state index is 0.160. The third-order valence-electron chi connectivity index (χ3n) is 4.21. The van der Waals surface area contributed by atoms with E-state index < -0.39 is 0 Å². The maximum Gasteiger partial charge on any atom is 0.298 e. The van der Waals surface area contributed by atoms with Crippen molar-refractivity contribution in [2.24, 2.45) is 0 Å². The standard InChI is InChI=1S/C18H20N4O2/c1-13-4-5-16-17(9-13)24-18(21-16)22-8-7-20-10-14(22)12-23-15-3-2-6-19-11-15/h2-6,9,11,14,20H,7-8,10,12H2,1H3. The molecular weight excluding hydrogens is 304 g/mol. The van der Waals surface area contributed by atoms with Crippen LogP contribution >= 0.6 is 0 Å². The number of nitrogens with zero attached hydrogens (tertiary/aromatic N) is 3. The number of pyridine rings is 1. The van der Waals surface area contributed by atoms with E-state index >= 15 is 0 Å². The summed E-state index contributed by atoms with van der Waals surface area (Å²) in [6.07, 6.45) is 3.46. The Morgan fingerprint density at radius 2 is 2.33 bits per heavy atom. The average molecular weight is 324 g/mol. The fourth-order valence-electron chi connectivity index (χ4n) is 2.93. The number of rotatable bonds is 4. The van der Waals surface area contributed by atoms with Crippen molar-refractivity contribution in [1.29, 1.82) is 0 Å². The molecule has 1 aliphatic heterocycles. The molecule has 24 heavy (non-hydrogen) atoms. The molecule has 0 radical (unpaired) electrons. The van der Waals surface area contributed by atoms with E-state index in [-0.39, 0.29) is 6.04 Å². The lowest BCUT2D eigenvalue weighted by atomic mass is 10.2. The maximum absolute atomic E-state index is 5.99. The monoisotopic (exact) mass is 324 g/mol. The van der Waals surface area contributed by atoms with Crippen LogP contribution in [0, 0.1) is 6.92 Å². The van der Waals surface area contributed by atoms with Crippen molar-refractivity contribution in [3.63, 3.8) is 0 Å². The van der Waals surface area contributed by atoms with Crippen LogP contribution in [-0.2, 0) is 0 Å². The highest BCUT2D eigenvalue weighted by molar-refractivity contribution is 5.75. The van der Waals surface area contributed by atoms with Gasteiger partial charge in [0, 0.05) is 25.8 Å². The number of aromatic nitrogens is 2. The molecule has 6 heteroatoms. The zero-order valence-corrected chi connectivity index (χ0v) is 13.6. The summed E-state index contributed by atoms with van der Waals surface area (Å²) in [5.41, 5.74) is 2.89. The molecule has 0 saturated carbocycles. The number of nitrogens with one attached hydrogen (secondary N) is 1. The quantitative estimate of drug-likeness (QED) is 0.795. The van der Waals surface area contributed by atoms with E-state index in [9.17, 15) is 0 Å². The number of piperazine rings is 1. The Balaban J connectivity index is 1.54. The van der Waals surface area contributed by atoms with Gasteiger partial charge in [0.15, 0.2) is 5.58 Å². The van der Waals surface area contributed by atoms with Crippen LogP contribution in [0.2, 0.25) is 0 Å². The second kappa shape index (κ2) is 6.49. The molecule has 1 saturated heterocycles. The Bertz CT molecular complexity index is 818. The summed E-state index contributed by atoms with van der Waals surface area (Å²) < 4.78 is 11.9. The third-order valence-corrected chi connectivity index (χ3v) is 4.21. The van der Waals surface area contributed by atoms with Gasteiger partial charge in [-0.15, -0.1) is 0 Å². The van der Waals surface area contributed by atoms with E-state index in [1.54, 1.807) is 12.4 Å². The Morgan fingerprint density at radius 3 is 3.21 bits per heavy atom. The lowest BCUT2D eigenvalue weighted by Crippen LogP contribution is -2.54. The molecule has 2 aromatic heterocycles. The Labute approximate surface area is 140 Å². The summed E-state index contributed by atoms with van der Waals surface area (Å²) >= 11 is 0. The fourth-order valence-corrected chi connectivity index (χ4v) is 2.93. The van der Waals surface area contributed by atoms with Gasteiger partial charge in [0.25, 0.3) is 6.01 Å². The van der Waals surface area contributed by atoms with Crippen LogP contribution in [0.3, 0.4) is 0 Å². The van der Waals surface area contributed by atoms with Gasteiger partial charge in [0.1, 0.15) is 17.9 Å². The molecule has 0 spiro atoms. The Hall–Kier alpha value is -2.60. The molecule has 3 heterocycles. The van der Waals surface area contributed by atoms with Crippen LogP contribution in [0.4, 0.5) is 6.01 Å². The predicted molar refractivity (Wildman–Crippen MR) is 92.5 cm³/mol. The topological polar surface area (TPSA) is 63.4 Å². The number of anilines is 1. The van der Waals surface area contributed by atoms with E-state index in [0.717, 1.165) is 36.5 Å². The number of hydrogen-bond acceptors (Lipinski definition) is 6.